The minimum atomic E-state index is -0.577. The predicted molar refractivity (Wildman–Crippen MR) is 161 cm³/mol. The highest BCUT2D eigenvalue weighted by Crippen LogP contribution is 2.40. The van der Waals surface area contributed by atoms with Crippen LogP contribution in [0.15, 0.2) is 24.3 Å². The molecular weight excluding hydrogens is 520 g/mol. The quantitative estimate of drug-likeness (QED) is 0.260. The number of aromatic nitrogens is 2. The van der Waals surface area contributed by atoms with Gasteiger partial charge in [-0.25, -0.2) is 0 Å². The van der Waals surface area contributed by atoms with Crippen LogP contribution in [0.25, 0.3) is 11.3 Å². The molecule has 0 bridgehead atoms. The zero-order valence-corrected chi connectivity index (χ0v) is 25.7. The Balaban J connectivity index is 1.88. The third-order valence-electron chi connectivity index (χ3n) is 8.42. The van der Waals surface area contributed by atoms with Crippen molar-refractivity contribution in [1.29, 1.82) is 0 Å². The molecule has 0 aliphatic heterocycles. The first-order chi connectivity index (χ1) is 19.7. The van der Waals surface area contributed by atoms with Gasteiger partial charge in [0.1, 0.15) is 11.5 Å². The fraction of sp³-hybridized carbons (Fsp3) is 0.656. The van der Waals surface area contributed by atoms with Crippen LogP contribution in [0, 0.1) is 11.8 Å². The number of aliphatic hydroxyl groups is 1. The number of hydrogen-bond donors (Lipinski definition) is 3. The van der Waals surface area contributed by atoms with Crippen molar-refractivity contribution in [2.24, 2.45) is 11.8 Å². The van der Waals surface area contributed by atoms with Gasteiger partial charge in [0.25, 0.3) is 5.91 Å². The van der Waals surface area contributed by atoms with Crippen molar-refractivity contribution < 1.29 is 24.2 Å². The highest BCUT2D eigenvalue weighted by atomic mass is 16.5. The maximum atomic E-state index is 13.7. The zero-order chi connectivity index (χ0) is 29.9. The molecule has 2 amide bonds. The molecule has 1 fully saturated rings. The lowest BCUT2D eigenvalue weighted by Crippen LogP contribution is -2.41. The van der Waals surface area contributed by atoms with Gasteiger partial charge < -0.3 is 25.2 Å². The molecule has 0 spiro atoms. The summed E-state index contributed by atoms with van der Waals surface area (Å²) in [4.78, 5) is 26.4. The van der Waals surface area contributed by atoms with Gasteiger partial charge in [-0.1, -0.05) is 58.9 Å². The smallest absolute Gasteiger partial charge is 0.272 e. The van der Waals surface area contributed by atoms with Gasteiger partial charge in [0.05, 0.1) is 37.6 Å². The Bertz CT molecular complexity index is 1100. The van der Waals surface area contributed by atoms with E-state index in [1.54, 1.807) is 20.3 Å². The van der Waals surface area contributed by atoms with Crippen molar-refractivity contribution >= 4 is 11.8 Å². The van der Waals surface area contributed by atoms with Gasteiger partial charge in [0.15, 0.2) is 5.69 Å². The molecule has 3 atom stereocenters. The Hall–Kier alpha value is -3.07. The number of ether oxygens (including phenoxy) is 2. The summed E-state index contributed by atoms with van der Waals surface area (Å²) in [6, 6.07) is 7.04. The zero-order valence-electron chi connectivity index (χ0n) is 25.7. The third kappa shape index (κ3) is 8.96. The number of rotatable bonds is 15. The lowest BCUT2D eigenvalue weighted by Gasteiger charge is -2.24. The van der Waals surface area contributed by atoms with Gasteiger partial charge in [-0.15, -0.1) is 0 Å². The lowest BCUT2D eigenvalue weighted by molar-refractivity contribution is -0.122. The first-order valence-electron chi connectivity index (χ1n) is 15.2. The number of amides is 2. The van der Waals surface area contributed by atoms with Crippen molar-refractivity contribution in [3.05, 3.63) is 30.0 Å². The summed E-state index contributed by atoms with van der Waals surface area (Å²) in [6.45, 7) is 8.39. The summed E-state index contributed by atoms with van der Waals surface area (Å²) in [5.74, 6) is 1.66. The number of carbonyl (C=O) groups excluding carboxylic acids is 2. The van der Waals surface area contributed by atoms with Crippen LogP contribution in [0.5, 0.6) is 11.5 Å². The van der Waals surface area contributed by atoms with Crippen LogP contribution < -0.4 is 20.1 Å². The van der Waals surface area contributed by atoms with Crippen molar-refractivity contribution in [3.63, 3.8) is 0 Å². The molecule has 0 saturated heterocycles. The van der Waals surface area contributed by atoms with E-state index in [9.17, 15) is 14.7 Å². The van der Waals surface area contributed by atoms with E-state index in [1.807, 2.05) is 29.8 Å². The van der Waals surface area contributed by atoms with Crippen LogP contribution in [0.2, 0.25) is 0 Å². The molecule has 9 nitrogen and oxygen atoms in total. The van der Waals surface area contributed by atoms with E-state index in [4.69, 9.17) is 14.6 Å². The van der Waals surface area contributed by atoms with Gasteiger partial charge in [-0.05, 0) is 56.2 Å². The van der Waals surface area contributed by atoms with Crippen molar-refractivity contribution in [2.75, 3.05) is 20.8 Å². The van der Waals surface area contributed by atoms with Gasteiger partial charge in [-0.2, -0.15) is 5.10 Å². The molecule has 1 aliphatic carbocycles. The van der Waals surface area contributed by atoms with E-state index >= 15 is 0 Å². The number of hydrogen-bond acceptors (Lipinski definition) is 6. The van der Waals surface area contributed by atoms with Crippen LogP contribution in [0.4, 0.5) is 0 Å². The van der Waals surface area contributed by atoms with E-state index in [0.29, 0.717) is 23.8 Å². The van der Waals surface area contributed by atoms with Crippen molar-refractivity contribution in [1.82, 2.24) is 20.4 Å². The van der Waals surface area contributed by atoms with Crippen LogP contribution in [-0.4, -0.2) is 59.6 Å². The second-order valence-corrected chi connectivity index (χ2v) is 11.7. The number of carbonyl (C=O) groups is 2. The summed E-state index contributed by atoms with van der Waals surface area (Å²) < 4.78 is 13.2. The molecular formula is C32H50N4O5. The van der Waals surface area contributed by atoms with E-state index in [1.165, 1.54) is 32.1 Å². The first kappa shape index (κ1) is 32.4. The minimum absolute atomic E-state index is 0.000891. The third-order valence-corrected chi connectivity index (χ3v) is 8.42. The largest absolute Gasteiger partial charge is 0.496 e. The maximum absolute atomic E-state index is 13.7. The summed E-state index contributed by atoms with van der Waals surface area (Å²) in [6.07, 6.45) is 8.03. The molecule has 3 rings (SSSR count). The van der Waals surface area contributed by atoms with Gasteiger partial charge >= 0.3 is 0 Å². The molecule has 0 radical (unpaired) electrons. The van der Waals surface area contributed by atoms with Gasteiger partial charge in [0, 0.05) is 19.0 Å². The average molecular weight is 571 g/mol. The minimum Gasteiger partial charge on any atom is -0.496 e. The normalized spacial score (nSPS) is 16.2. The lowest BCUT2D eigenvalue weighted by atomic mass is 9.85. The molecule has 228 valence electrons. The highest BCUT2D eigenvalue weighted by Gasteiger charge is 2.27. The molecule has 1 aromatic carbocycles. The van der Waals surface area contributed by atoms with Crippen LogP contribution in [0.3, 0.4) is 0 Å². The number of nitrogens with one attached hydrogen (secondary N) is 2. The molecule has 3 N–H and O–H groups in total. The molecule has 1 saturated carbocycles. The Morgan fingerprint density at radius 2 is 1.76 bits per heavy atom. The predicted octanol–water partition coefficient (Wildman–Crippen LogP) is 5.52. The molecule has 1 aromatic heterocycles. The second kappa shape index (κ2) is 15.8. The Morgan fingerprint density at radius 3 is 2.34 bits per heavy atom. The van der Waals surface area contributed by atoms with Gasteiger partial charge in [-0.3, -0.25) is 14.3 Å². The van der Waals surface area contributed by atoms with Crippen LogP contribution in [-0.2, 0) is 4.79 Å². The summed E-state index contributed by atoms with van der Waals surface area (Å²) in [5, 5.41) is 20.6. The second-order valence-electron chi connectivity index (χ2n) is 11.7. The molecule has 1 heterocycles. The summed E-state index contributed by atoms with van der Waals surface area (Å²) >= 11 is 0. The Labute approximate surface area is 245 Å². The topological polar surface area (TPSA) is 115 Å². The highest BCUT2D eigenvalue weighted by molar-refractivity contribution is 5.94. The maximum Gasteiger partial charge on any atom is 0.272 e. The summed E-state index contributed by atoms with van der Waals surface area (Å²) in [5.41, 5.74) is 1.75. The number of aliphatic hydroxyl groups excluding tert-OH is 1. The fourth-order valence-corrected chi connectivity index (χ4v) is 5.46. The van der Waals surface area contributed by atoms with E-state index < -0.39 is 6.10 Å². The van der Waals surface area contributed by atoms with E-state index in [2.05, 4.69) is 31.4 Å². The Kier molecular flexibility index (Phi) is 12.5. The molecule has 3 unspecified atom stereocenters. The number of nitrogens with zero attached hydrogens (tertiary/aromatic N) is 2. The van der Waals surface area contributed by atoms with E-state index in [-0.39, 0.29) is 48.5 Å². The Morgan fingerprint density at radius 1 is 1.10 bits per heavy atom. The SMILES string of the molecule is CCC(O)CNC(=O)CC(CCC1CCCCC1)NC(=O)c1cc(-c2c(OC)cccc2OC)n(C(C)C(C)C)n1. The molecule has 1 aliphatic rings. The van der Waals surface area contributed by atoms with Crippen molar-refractivity contribution in [2.45, 2.75) is 104 Å². The standard InChI is InChI=1S/C32H50N4O5/c1-7-25(37)20-33-30(38)18-24(17-16-23-12-9-8-10-13-23)34-32(39)26-19-27(36(35-26)22(4)21(2)3)31-28(40-5)14-11-15-29(31)41-6/h11,14-15,19,21-25,37H,7-10,12-13,16-18,20H2,1-6H3,(H,33,38)(H,34,39). The summed E-state index contributed by atoms with van der Waals surface area (Å²) in [7, 11) is 3.22. The van der Waals surface area contributed by atoms with Gasteiger partial charge in [0.2, 0.25) is 5.91 Å². The molecule has 2 aromatic rings. The van der Waals surface area contributed by atoms with Crippen molar-refractivity contribution in [3.8, 4) is 22.8 Å². The van der Waals surface area contributed by atoms with E-state index in [0.717, 1.165) is 24.1 Å². The number of benzene rings is 1. The molecule has 9 heteroatoms. The average Bonchev–Trinajstić information content (AvgIpc) is 3.43. The number of methoxy groups -OCH3 is 2. The monoisotopic (exact) mass is 570 g/mol. The molecule has 41 heavy (non-hydrogen) atoms. The van der Waals surface area contributed by atoms with Crippen LogP contribution >= 0.6 is 0 Å². The fourth-order valence-electron chi connectivity index (χ4n) is 5.46. The van der Waals surface area contributed by atoms with Crippen LogP contribution in [0.1, 0.15) is 102 Å². The first-order valence-corrected chi connectivity index (χ1v) is 15.2.